The van der Waals surface area contributed by atoms with Gasteiger partial charge in [0.2, 0.25) is 5.91 Å². The second kappa shape index (κ2) is 4.71. The maximum Gasteiger partial charge on any atom is 0.249 e. The molecule has 1 rings (SSSR count). The van der Waals surface area contributed by atoms with Crippen molar-refractivity contribution >= 4 is 27.5 Å². The van der Waals surface area contributed by atoms with Gasteiger partial charge in [-0.25, -0.2) is 0 Å². The van der Waals surface area contributed by atoms with Crippen LogP contribution in [0.3, 0.4) is 0 Å². The van der Waals surface area contributed by atoms with E-state index >= 15 is 0 Å². The van der Waals surface area contributed by atoms with Crippen LogP contribution in [0.1, 0.15) is 0 Å². The van der Waals surface area contributed by atoms with Crippen molar-refractivity contribution in [2.45, 2.75) is 0 Å². The topological polar surface area (TPSA) is 58.5 Å². The molecule has 0 atom stereocenters. The van der Waals surface area contributed by atoms with Crippen molar-refractivity contribution in [3.05, 3.63) is 33.6 Å². The summed E-state index contributed by atoms with van der Waals surface area (Å²) in [7, 11) is 0. The van der Waals surface area contributed by atoms with E-state index in [1.165, 1.54) is 0 Å². The molecule has 4 nitrogen and oxygen atoms in total. The van der Waals surface area contributed by atoms with Crippen LogP contribution in [-0.2, 0) is 4.79 Å². The van der Waals surface area contributed by atoms with Gasteiger partial charge in [0.1, 0.15) is 0 Å². The number of nitrogens with zero attached hydrogens (tertiary/aromatic N) is 1. The van der Waals surface area contributed by atoms with Gasteiger partial charge in [-0.1, -0.05) is 21.1 Å². The summed E-state index contributed by atoms with van der Waals surface area (Å²) >= 11 is 3.26. The maximum atomic E-state index is 10.9. The minimum atomic E-state index is -0.405. The van der Waals surface area contributed by atoms with Crippen molar-refractivity contribution in [2.75, 3.05) is 11.9 Å². The quantitative estimate of drug-likeness (QED) is 0.827. The van der Waals surface area contributed by atoms with Crippen LogP contribution in [0.5, 0.6) is 0 Å². The van der Waals surface area contributed by atoms with E-state index in [0.29, 0.717) is 5.69 Å². The van der Waals surface area contributed by atoms with Gasteiger partial charge in [-0.15, -0.1) is 0 Å². The van der Waals surface area contributed by atoms with Crippen LogP contribution in [0.25, 0.3) is 0 Å². The van der Waals surface area contributed by atoms with Crippen molar-refractivity contribution in [2.24, 2.45) is 5.18 Å². The molecule has 0 unspecified atom stereocenters. The maximum absolute atomic E-state index is 10.9. The van der Waals surface area contributed by atoms with Gasteiger partial charge in [-0.05, 0) is 24.3 Å². The summed E-state index contributed by atoms with van der Waals surface area (Å²) in [5, 5.41) is 4.99. The lowest BCUT2D eigenvalue weighted by Gasteiger charge is -2.01. The highest BCUT2D eigenvalue weighted by Gasteiger charge is 2.00. The van der Waals surface area contributed by atoms with E-state index < -0.39 is 5.91 Å². The van der Waals surface area contributed by atoms with Crippen LogP contribution < -0.4 is 5.32 Å². The van der Waals surface area contributed by atoms with Gasteiger partial charge >= 0.3 is 0 Å². The van der Waals surface area contributed by atoms with Crippen molar-refractivity contribution in [1.82, 2.24) is 0 Å². The van der Waals surface area contributed by atoms with Crippen LogP contribution in [-0.4, -0.2) is 12.5 Å². The molecule has 0 radical (unpaired) electrons. The van der Waals surface area contributed by atoms with Crippen molar-refractivity contribution in [3.8, 4) is 0 Å². The lowest BCUT2D eigenvalue weighted by atomic mass is 10.3. The highest BCUT2D eigenvalue weighted by atomic mass is 79.9. The van der Waals surface area contributed by atoms with E-state index in [2.05, 4.69) is 26.4 Å². The Bertz CT molecular complexity index is 310. The molecule has 0 heterocycles. The summed E-state index contributed by atoms with van der Waals surface area (Å²) in [6, 6.07) is 7.05. The molecule has 5 heteroatoms. The van der Waals surface area contributed by atoms with Gasteiger partial charge in [0.05, 0.1) is 0 Å². The van der Waals surface area contributed by atoms with E-state index in [9.17, 15) is 9.70 Å². The number of halogens is 1. The fourth-order valence-corrected chi connectivity index (χ4v) is 1.06. The molecule has 0 aliphatic rings. The minimum absolute atomic E-state index is 0.351. The Hall–Kier alpha value is -1.23. The van der Waals surface area contributed by atoms with E-state index in [0.717, 1.165) is 4.47 Å². The van der Waals surface area contributed by atoms with Crippen LogP contribution in [0.2, 0.25) is 0 Å². The molecule has 0 aliphatic carbocycles. The van der Waals surface area contributed by atoms with Crippen molar-refractivity contribution in [3.63, 3.8) is 0 Å². The number of anilines is 1. The summed E-state index contributed by atoms with van der Waals surface area (Å²) in [6.45, 7) is -0.351. The third-order valence-corrected chi connectivity index (χ3v) is 1.86. The average molecular weight is 243 g/mol. The predicted octanol–water partition coefficient (Wildman–Crippen LogP) is 2.15. The fourth-order valence-electron chi connectivity index (χ4n) is 0.792. The van der Waals surface area contributed by atoms with E-state index in [-0.39, 0.29) is 6.54 Å². The average Bonchev–Trinajstić information content (AvgIpc) is 2.09. The zero-order valence-electron chi connectivity index (χ0n) is 6.66. The summed E-state index contributed by atoms with van der Waals surface area (Å²) in [5.74, 6) is -0.405. The lowest BCUT2D eigenvalue weighted by molar-refractivity contribution is -0.114. The molecular formula is C8H7BrN2O2. The molecule has 1 aromatic rings. The molecule has 0 aromatic heterocycles. The fraction of sp³-hybridized carbons (Fsp3) is 0.125. The normalized spacial score (nSPS) is 9.31. The number of nitrogens with one attached hydrogen (secondary N) is 1. The molecule has 0 spiro atoms. The number of rotatable bonds is 3. The predicted molar refractivity (Wildman–Crippen MR) is 53.4 cm³/mol. The number of hydrogen-bond donors (Lipinski definition) is 1. The second-order valence-corrected chi connectivity index (χ2v) is 3.26. The Kier molecular flexibility index (Phi) is 3.57. The molecule has 68 valence electrons. The van der Waals surface area contributed by atoms with Gasteiger partial charge in [0.15, 0.2) is 6.54 Å². The zero-order valence-corrected chi connectivity index (χ0v) is 8.24. The smallest absolute Gasteiger partial charge is 0.249 e. The molecule has 0 fully saturated rings. The first-order valence-corrected chi connectivity index (χ1v) is 4.36. The van der Waals surface area contributed by atoms with E-state index in [4.69, 9.17) is 0 Å². The molecule has 1 amide bonds. The van der Waals surface area contributed by atoms with Crippen LogP contribution in [0.15, 0.2) is 33.9 Å². The van der Waals surface area contributed by atoms with Crippen LogP contribution in [0.4, 0.5) is 5.69 Å². The van der Waals surface area contributed by atoms with E-state index in [1.807, 2.05) is 0 Å². The first kappa shape index (κ1) is 9.85. The summed E-state index contributed by atoms with van der Waals surface area (Å²) in [6.07, 6.45) is 0. The first-order chi connectivity index (χ1) is 6.22. The lowest BCUT2D eigenvalue weighted by Crippen LogP contribution is -2.14. The molecule has 13 heavy (non-hydrogen) atoms. The molecule has 0 saturated heterocycles. The molecule has 0 bridgehead atoms. The zero-order chi connectivity index (χ0) is 9.68. The molecule has 1 N–H and O–H groups in total. The van der Waals surface area contributed by atoms with Gasteiger partial charge in [0.25, 0.3) is 0 Å². The minimum Gasteiger partial charge on any atom is -0.324 e. The summed E-state index contributed by atoms with van der Waals surface area (Å²) in [4.78, 5) is 20.6. The number of hydrogen-bond acceptors (Lipinski definition) is 3. The Balaban J connectivity index is 2.59. The van der Waals surface area contributed by atoms with Crippen LogP contribution in [0, 0.1) is 4.91 Å². The third-order valence-electron chi connectivity index (χ3n) is 1.34. The third kappa shape index (κ3) is 3.33. The van der Waals surface area contributed by atoms with Gasteiger partial charge in [-0.3, -0.25) is 4.79 Å². The Morgan fingerprint density at radius 3 is 2.54 bits per heavy atom. The molecule has 0 saturated carbocycles. The Labute approximate surface area is 83.4 Å². The van der Waals surface area contributed by atoms with E-state index in [1.54, 1.807) is 24.3 Å². The van der Waals surface area contributed by atoms with Gasteiger partial charge < -0.3 is 5.32 Å². The summed E-state index contributed by atoms with van der Waals surface area (Å²) in [5.41, 5.74) is 0.650. The summed E-state index contributed by atoms with van der Waals surface area (Å²) < 4.78 is 0.930. The Morgan fingerprint density at radius 2 is 2.00 bits per heavy atom. The number of carbonyl (C=O) groups excluding carboxylic acids is 1. The SMILES string of the molecule is O=NCC(=O)Nc1ccc(Br)cc1. The number of benzene rings is 1. The van der Waals surface area contributed by atoms with Crippen molar-refractivity contribution < 1.29 is 4.79 Å². The van der Waals surface area contributed by atoms with Gasteiger partial charge in [-0.2, -0.15) is 4.91 Å². The molecule has 1 aromatic carbocycles. The number of carbonyl (C=O) groups is 1. The number of nitroso groups, excluding NO2 is 1. The van der Waals surface area contributed by atoms with Crippen molar-refractivity contribution in [1.29, 1.82) is 0 Å². The van der Waals surface area contributed by atoms with Crippen LogP contribution >= 0.6 is 15.9 Å². The monoisotopic (exact) mass is 242 g/mol. The standard InChI is InChI=1S/C8H7BrN2O2/c9-6-1-3-7(4-2-6)11-8(12)5-10-13/h1-4H,5H2,(H,11,12). The second-order valence-electron chi connectivity index (χ2n) is 2.34. The largest absolute Gasteiger partial charge is 0.324 e. The first-order valence-electron chi connectivity index (χ1n) is 3.57. The molecule has 0 aliphatic heterocycles. The Morgan fingerprint density at radius 1 is 1.38 bits per heavy atom. The molecular weight excluding hydrogens is 236 g/mol. The highest BCUT2D eigenvalue weighted by Crippen LogP contribution is 2.13. The number of amides is 1. The highest BCUT2D eigenvalue weighted by molar-refractivity contribution is 9.10. The van der Waals surface area contributed by atoms with Gasteiger partial charge in [0, 0.05) is 10.2 Å².